The van der Waals surface area contributed by atoms with Crippen LogP contribution >= 0.6 is 0 Å². The number of amides is 1. The molecule has 7 heteroatoms. The number of carbonyl (C=O) groups is 1. The van der Waals surface area contributed by atoms with Crippen molar-refractivity contribution in [1.82, 2.24) is 15.1 Å². The smallest absolute Gasteiger partial charge is 0.256 e. The summed E-state index contributed by atoms with van der Waals surface area (Å²) in [7, 11) is 0. The van der Waals surface area contributed by atoms with Crippen molar-refractivity contribution in [3.63, 3.8) is 0 Å². The molecule has 1 amide bonds. The molecule has 0 bridgehead atoms. The summed E-state index contributed by atoms with van der Waals surface area (Å²) in [4.78, 5) is 14.1. The number of likely N-dealkylation sites (tertiary alicyclic amines) is 1. The van der Waals surface area contributed by atoms with Crippen LogP contribution in [0.25, 0.3) is 10.9 Å². The summed E-state index contributed by atoms with van der Waals surface area (Å²) in [6, 6.07) is 7.84. The van der Waals surface area contributed by atoms with E-state index in [0.29, 0.717) is 17.1 Å². The lowest BCUT2D eigenvalue weighted by Gasteiger charge is -2.22. The molecule has 0 aliphatic carbocycles. The van der Waals surface area contributed by atoms with E-state index in [1.165, 1.54) is 4.90 Å². The van der Waals surface area contributed by atoms with Gasteiger partial charge in [0.25, 0.3) is 5.91 Å². The van der Waals surface area contributed by atoms with Gasteiger partial charge in [0.05, 0.1) is 23.8 Å². The summed E-state index contributed by atoms with van der Waals surface area (Å²) in [6.07, 6.45) is 1.59. The second-order valence-corrected chi connectivity index (χ2v) is 6.24. The molecule has 1 saturated heterocycles. The maximum atomic E-state index is 15.2. The van der Waals surface area contributed by atoms with Crippen molar-refractivity contribution in [3.05, 3.63) is 65.4 Å². The van der Waals surface area contributed by atoms with Gasteiger partial charge in [-0.2, -0.15) is 5.10 Å². The highest BCUT2D eigenvalue weighted by atomic mass is 19.1. The molecular weight excluding hydrogens is 331 g/mol. The number of nitrogens with zero attached hydrogens (tertiary/aromatic N) is 2. The summed E-state index contributed by atoms with van der Waals surface area (Å²) in [5.74, 6) is -2.01. The standard InChI is InChI=1S/C18H14F3N3O/c19-13-6-12(7-14(20)8-13)18(21)4-5-24(10-18)17(25)15-3-1-2-11-9-22-23-16(11)15/h1-3,6-9H,4-5,10H2,(H,22,23). The van der Waals surface area contributed by atoms with E-state index >= 15 is 4.39 Å². The Balaban J connectivity index is 1.63. The normalized spacial score (nSPS) is 20.4. The van der Waals surface area contributed by atoms with Crippen LogP contribution < -0.4 is 0 Å². The van der Waals surface area contributed by atoms with Crippen LogP contribution in [0.1, 0.15) is 22.3 Å². The summed E-state index contributed by atoms with van der Waals surface area (Å²) >= 11 is 0. The lowest BCUT2D eigenvalue weighted by molar-refractivity contribution is 0.0752. The summed E-state index contributed by atoms with van der Waals surface area (Å²) in [6.45, 7) is -0.0861. The molecule has 1 fully saturated rings. The van der Waals surface area contributed by atoms with Crippen molar-refractivity contribution in [2.75, 3.05) is 13.1 Å². The van der Waals surface area contributed by atoms with Gasteiger partial charge in [-0.25, -0.2) is 13.2 Å². The van der Waals surface area contributed by atoms with Crippen LogP contribution in [-0.4, -0.2) is 34.1 Å². The lowest BCUT2D eigenvalue weighted by Crippen LogP contribution is -2.32. The Kier molecular flexibility index (Phi) is 3.52. The molecule has 0 radical (unpaired) electrons. The number of H-pyrrole nitrogens is 1. The first kappa shape index (κ1) is 15.7. The maximum Gasteiger partial charge on any atom is 0.256 e. The molecule has 25 heavy (non-hydrogen) atoms. The number of rotatable bonds is 2. The quantitative estimate of drug-likeness (QED) is 0.772. The van der Waals surface area contributed by atoms with E-state index in [0.717, 1.165) is 17.5 Å². The Bertz CT molecular complexity index is 951. The van der Waals surface area contributed by atoms with Gasteiger partial charge in [0, 0.05) is 24.4 Å². The lowest BCUT2D eigenvalue weighted by atomic mass is 9.95. The molecule has 3 aromatic rings. The van der Waals surface area contributed by atoms with E-state index < -0.39 is 17.3 Å². The van der Waals surface area contributed by atoms with E-state index in [1.807, 2.05) is 6.07 Å². The van der Waals surface area contributed by atoms with Crippen molar-refractivity contribution < 1.29 is 18.0 Å². The zero-order valence-corrected chi connectivity index (χ0v) is 13.1. The number of hydrogen-bond donors (Lipinski definition) is 1. The molecule has 0 saturated carbocycles. The first-order chi connectivity index (χ1) is 12.0. The van der Waals surface area contributed by atoms with E-state index in [4.69, 9.17) is 0 Å². The number of halogens is 3. The van der Waals surface area contributed by atoms with Gasteiger partial charge in [0.1, 0.15) is 11.6 Å². The molecule has 1 aliphatic heterocycles. The topological polar surface area (TPSA) is 49.0 Å². The van der Waals surface area contributed by atoms with Crippen LogP contribution in [-0.2, 0) is 5.67 Å². The third-order valence-corrected chi connectivity index (χ3v) is 4.59. The number of aromatic amines is 1. The van der Waals surface area contributed by atoms with E-state index in [2.05, 4.69) is 10.2 Å². The van der Waals surface area contributed by atoms with Crippen LogP contribution in [0.15, 0.2) is 42.6 Å². The monoisotopic (exact) mass is 345 g/mol. The van der Waals surface area contributed by atoms with Crippen LogP contribution in [0.5, 0.6) is 0 Å². The van der Waals surface area contributed by atoms with Crippen molar-refractivity contribution >= 4 is 16.8 Å². The predicted molar refractivity (Wildman–Crippen MR) is 85.8 cm³/mol. The summed E-state index contributed by atoms with van der Waals surface area (Å²) in [5.41, 5.74) is -1.08. The molecule has 1 atom stereocenters. The first-order valence-corrected chi connectivity index (χ1v) is 7.83. The highest BCUT2D eigenvalue weighted by Gasteiger charge is 2.42. The largest absolute Gasteiger partial charge is 0.335 e. The maximum absolute atomic E-state index is 15.2. The molecule has 2 heterocycles. The van der Waals surface area contributed by atoms with Crippen molar-refractivity contribution in [1.29, 1.82) is 0 Å². The average molecular weight is 345 g/mol. The zero-order chi connectivity index (χ0) is 17.6. The van der Waals surface area contributed by atoms with E-state index in [1.54, 1.807) is 18.3 Å². The number of carbonyl (C=O) groups excluding carboxylic acids is 1. The SMILES string of the molecule is O=C(c1cccc2cn[nH]c12)N1CCC(F)(c2cc(F)cc(F)c2)C1. The third kappa shape index (κ3) is 2.65. The summed E-state index contributed by atoms with van der Waals surface area (Å²) < 4.78 is 42.1. The van der Waals surface area contributed by atoms with Gasteiger partial charge in [0.2, 0.25) is 0 Å². The van der Waals surface area contributed by atoms with Crippen LogP contribution in [0.3, 0.4) is 0 Å². The number of fused-ring (bicyclic) bond motifs is 1. The number of alkyl halides is 1. The Morgan fingerprint density at radius 2 is 1.96 bits per heavy atom. The molecule has 0 spiro atoms. The van der Waals surface area contributed by atoms with Gasteiger partial charge >= 0.3 is 0 Å². The second-order valence-electron chi connectivity index (χ2n) is 6.24. The van der Waals surface area contributed by atoms with Gasteiger partial charge in [-0.3, -0.25) is 9.89 Å². The van der Waals surface area contributed by atoms with Crippen molar-refractivity contribution in [3.8, 4) is 0 Å². The minimum Gasteiger partial charge on any atom is -0.335 e. The Labute approximate surface area is 141 Å². The molecule has 1 aliphatic rings. The predicted octanol–water partition coefficient (Wildman–Crippen LogP) is 3.55. The molecular formula is C18H14F3N3O. The Morgan fingerprint density at radius 3 is 2.72 bits per heavy atom. The minimum atomic E-state index is -1.97. The number of aromatic nitrogens is 2. The molecule has 1 unspecified atom stereocenters. The molecule has 4 nitrogen and oxygen atoms in total. The first-order valence-electron chi connectivity index (χ1n) is 7.83. The van der Waals surface area contributed by atoms with Gasteiger partial charge < -0.3 is 4.90 Å². The van der Waals surface area contributed by atoms with Crippen LogP contribution in [0.4, 0.5) is 13.2 Å². The fraction of sp³-hybridized carbons (Fsp3) is 0.222. The minimum absolute atomic E-state index is 0.0133. The highest BCUT2D eigenvalue weighted by Crippen LogP contribution is 2.37. The van der Waals surface area contributed by atoms with Gasteiger partial charge in [-0.1, -0.05) is 12.1 Å². The molecule has 128 valence electrons. The van der Waals surface area contributed by atoms with Crippen LogP contribution in [0.2, 0.25) is 0 Å². The van der Waals surface area contributed by atoms with Crippen LogP contribution in [0, 0.1) is 11.6 Å². The van der Waals surface area contributed by atoms with Gasteiger partial charge in [-0.05, 0) is 23.8 Å². The number of hydrogen-bond acceptors (Lipinski definition) is 2. The number of benzene rings is 2. The average Bonchev–Trinajstić information content (AvgIpc) is 3.20. The highest BCUT2D eigenvalue weighted by molar-refractivity contribution is 6.05. The molecule has 4 rings (SSSR count). The van der Waals surface area contributed by atoms with Gasteiger partial charge in [-0.15, -0.1) is 0 Å². The fourth-order valence-corrected chi connectivity index (χ4v) is 3.31. The fourth-order valence-electron chi connectivity index (χ4n) is 3.31. The third-order valence-electron chi connectivity index (χ3n) is 4.59. The molecule has 1 aromatic heterocycles. The number of para-hydroxylation sites is 1. The van der Waals surface area contributed by atoms with Crippen molar-refractivity contribution in [2.45, 2.75) is 12.1 Å². The Morgan fingerprint density at radius 1 is 1.20 bits per heavy atom. The molecule has 2 aromatic carbocycles. The van der Waals surface area contributed by atoms with Gasteiger partial charge in [0.15, 0.2) is 5.67 Å². The van der Waals surface area contributed by atoms with E-state index in [-0.39, 0.29) is 31.0 Å². The second kappa shape index (κ2) is 5.61. The van der Waals surface area contributed by atoms with Crippen molar-refractivity contribution in [2.24, 2.45) is 0 Å². The van der Waals surface area contributed by atoms with E-state index in [9.17, 15) is 13.6 Å². The zero-order valence-electron chi connectivity index (χ0n) is 13.1. The molecule has 1 N–H and O–H groups in total. The Hall–Kier alpha value is -2.83. The number of nitrogens with one attached hydrogen (secondary N) is 1. The summed E-state index contributed by atoms with van der Waals surface area (Å²) in [5, 5.41) is 7.46.